The number of para-hydroxylation sites is 2. The summed E-state index contributed by atoms with van der Waals surface area (Å²) in [5.74, 6) is 1.73. The van der Waals surface area contributed by atoms with Crippen molar-refractivity contribution in [3.8, 4) is 5.75 Å². The van der Waals surface area contributed by atoms with Crippen LogP contribution in [-0.4, -0.2) is 33.3 Å². The van der Waals surface area contributed by atoms with Gasteiger partial charge in [0, 0.05) is 18.5 Å². The molecule has 0 aliphatic rings. The fourth-order valence-corrected chi connectivity index (χ4v) is 3.02. The third kappa shape index (κ3) is 4.65. The summed E-state index contributed by atoms with van der Waals surface area (Å²) in [5, 5.41) is 13.2. The van der Waals surface area contributed by atoms with Crippen LogP contribution in [0.5, 0.6) is 5.75 Å². The molecule has 1 atom stereocenters. The molecule has 0 saturated heterocycles. The van der Waals surface area contributed by atoms with Gasteiger partial charge < -0.3 is 19.7 Å². The quantitative estimate of drug-likeness (QED) is 0.669. The Hall–Kier alpha value is -2.86. The molecule has 0 bridgehead atoms. The SMILES string of the molecule is CC(=O)Nc1ccc(OC[C@@H](O)Cn2c(C(C)C)nc3ccccc32)cc1. The van der Waals surface area contributed by atoms with Gasteiger partial charge in [-0.2, -0.15) is 0 Å². The second kappa shape index (κ2) is 8.22. The fourth-order valence-electron chi connectivity index (χ4n) is 3.02. The Kier molecular flexibility index (Phi) is 5.76. The first-order valence-corrected chi connectivity index (χ1v) is 9.07. The first kappa shape index (κ1) is 18.9. The molecule has 27 heavy (non-hydrogen) atoms. The molecule has 0 radical (unpaired) electrons. The van der Waals surface area contributed by atoms with Crippen molar-refractivity contribution in [2.45, 2.75) is 39.3 Å². The van der Waals surface area contributed by atoms with Crippen LogP contribution in [-0.2, 0) is 11.3 Å². The Labute approximate surface area is 158 Å². The fraction of sp³-hybridized carbons (Fsp3) is 0.333. The van der Waals surface area contributed by atoms with Gasteiger partial charge in [-0.15, -0.1) is 0 Å². The van der Waals surface area contributed by atoms with E-state index in [1.807, 2.05) is 24.3 Å². The van der Waals surface area contributed by atoms with Crippen molar-refractivity contribution in [3.05, 3.63) is 54.4 Å². The number of amides is 1. The number of fused-ring (bicyclic) bond motifs is 1. The van der Waals surface area contributed by atoms with Gasteiger partial charge in [0.25, 0.3) is 0 Å². The number of anilines is 1. The minimum Gasteiger partial charge on any atom is -0.491 e. The maximum atomic E-state index is 11.1. The van der Waals surface area contributed by atoms with Crippen LogP contribution in [0.15, 0.2) is 48.5 Å². The van der Waals surface area contributed by atoms with Crippen molar-refractivity contribution in [1.82, 2.24) is 9.55 Å². The average molecular weight is 367 g/mol. The summed E-state index contributed by atoms with van der Waals surface area (Å²) in [6.45, 7) is 6.24. The first-order chi connectivity index (χ1) is 12.9. The number of aliphatic hydroxyl groups is 1. The van der Waals surface area contributed by atoms with Gasteiger partial charge in [0.2, 0.25) is 5.91 Å². The van der Waals surface area contributed by atoms with Crippen LogP contribution in [0.3, 0.4) is 0 Å². The van der Waals surface area contributed by atoms with Crippen LogP contribution in [0, 0.1) is 0 Å². The summed E-state index contributed by atoms with van der Waals surface area (Å²) in [4.78, 5) is 15.7. The highest BCUT2D eigenvalue weighted by molar-refractivity contribution is 5.88. The van der Waals surface area contributed by atoms with Gasteiger partial charge in [0.05, 0.1) is 17.6 Å². The molecule has 0 aliphatic carbocycles. The molecule has 6 heteroatoms. The molecular weight excluding hydrogens is 342 g/mol. The molecular formula is C21H25N3O3. The number of imidazole rings is 1. The zero-order chi connectivity index (χ0) is 19.4. The van der Waals surface area contributed by atoms with Gasteiger partial charge in [-0.1, -0.05) is 26.0 Å². The topological polar surface area (TPSA) is 76.4 Å². The normalized spacial score (nSPS) is 12.3. The van der Waals surface area contributed by atoms with Crippen LogP contribution in [0.25, 0.3) is 11.0 Å². The summed E-state index contributed by atoms with van der Waals surface area (Å²) in [7, 11) is 0. The van der Waals surface area contributed by atoms with Crippen molar-refractivity contribution in [2.75, 3.05) is 11.9 Å². The first-order valence-electron chi connectivity index (χ1n) is 9.07. The van der Waals surface area contributed by atoms with Crippen molar-refractivity contribution in [2.24, 2.45) is 0 Å². The van der Waals surface area contributed by atoms with E-state index in [4.69, 9.17) is 9.72 Å². The number of rotatable bonds is 7. The number of aromatic nitrogens is 2. The standard InChI is InChI=1S/C21H25N3O3/c1-14(2)21-23-19-6-4-5-7-20(19)24(21)12-17(26)13-27-18-10-8-16(9-11-18)22-15(3)25/h4-11,14,17,26H,12-13H2,1-3H3,(H,22,25)/t17-/m0/s1. The highest BCUT2D eigenvalue weighted by Gasteiger charge is 2.16. The van der Waals surface area contributed by atoms with E-state index < -0.39 is 6.10 Å². The van der Waals surface area contributed by atoms with Gasteiger partial charge in [0.1, 0.15) is 24.3 Å². The van der Waals surface area contributed by atoms with Crippen molar-refractivity contribution in [1.29, 1.82) is 0 Å². The molecule has 3 rings (SSSR count). The Bertz CT molecular complexity index is 916. The number of hydrogen-bond donors (Lipinski definition) is 2. The van der Waals surface area contributed by atoms with Gasteiger partial charge in [-0.05, 0) is 36.4 Å². The molecule has 0 unspecified atom stereocenters. The van der Waals surface area contributed by atoms with Crippen LogP contribution in [0.4, 0.5) is 5.69 Å². The van der Waals surface area contributed by atoms with E-state index >= 15 is 0 Å². The van der Waals surface area contributed by atoms with E-state index in [1.165, 1.54) is 6.92 Å². The molecule has 2 aromatic carbocycles. The number of hydrogen-bond acceptors (Lipinski definition) is 4. The van der Waals surface area contributed by atoms with Gasteiger partial charge in [-0.3, -0.25) is 4.79 Å². The van der Waals surface area contributed by atoms with Crippen LogP contribution >= 0.6 is 0 Å². The number of carbonyl (C=O) groups excluding carboxylic acids is 1. The summed E-state index contributed by atoms with van der Waals surface area (Å²) in [6.07, 6.45) is -0.671. The summed E-state index contributed by atoms with van der Waals surface area (Å²) in [5.41, 5.74) is 2.66. The van der Waals surface area contributed by atoms with Gasteiger partial charge in [0.15, 0.2) is 0 Å². The number of ether oxygens (including phenoxy) is 1. The second-order valence-corrected chi connectivity index (χ2v) is 6.89. The number of nitrogens with zero attached hydrogens (tertiary/aromatic N) is 2. The van der Waals surface area contributed by atoms with E-state index in [1.54, 1.807) is 24.3 Å². The lowest BCUT2D eigenvalue weighted by atomic mass is 10.2. The van der Waals surface area contributed by atoms with Crippen LogP contribution < -0.4 is 10.1 Å². The maximum absolute atomic E-state index is 11.1. The Morgan fingerprint density at radius 1 is 1.19 bits per heavy atom. The number of carbonyl (C=O) groups is 1. The predicted molar refractivity (Wildman–Crippen MR) is 106 cm³/mol. The zero-order valence-corrected chi connectivity index (χ0v) is 15.8. The van der Waals surface area contributed by atoms with E-state index in [9.17, 15) is 9.90 Å². The molecule has 1 heterocycles. The lowest BCUT2D eigenvalue weighted by Gasteiger charge is -2.17. The Morgan fingerprint density at radius 2 is 1.89 bits per heavy atom. The zero-order valence-electron chi connectivity index (χ0n) is 15.8. The molecule has 0 fully saturated rings. The lowest BCUT2D eigenvalue weighted by molar-refractivity contribution is -0.114. The summed E-state index contributed by atoms with van der Waals surface area (Å²) < 4.78 is 7.76. The van der Waals surface area contributed by atoms with E-state index in [0.717, 1.165) is 16.9 Å². The molecule has 1 aromatic heterocycles. The van der Waals surface area contributed by atoms with Gasteiger partial charge >= 0.3 is 0 Å². The summed E-state index contributed by atoms with van der Waals surface area (Å²) >= 11 is 0. The minimum atomic E-state index is -0.671. The summed E-state index contributed by atoms with van der Waals surface area (Å²) in [6, 6.07) is 15.0. The highest BCUT2D eigenvalue weighted by atomic mass is 16.5. The largest absolute Gasteiger partial charge is 0.491 e. The van der Waals surface area contributed by atoms with Crippen molar-refractivity contribution in [3.63, 3.8) is 0 Å². The van der Waals surface area contributed by atoms with Gasteiger partial charge in [-0.25, -0.2) is 4.98 Å². The second-order valence-electron chi connectivity index (χ2n) is 6.89. The molecule has 142 valence electrons. The Morgan fingerprint density at radius 3 is 2.56 bits per heavy atom. The van der Waals surface area contributed by atoms with Crippen molar-refractivity contribution >= 4 is 22.6 Å². The lowest BCUT2D eigenvalue weighted by Crippen LogP contribution is -2.24. The third-order valence-corrected chi connectivity index (χ3v) is 4.21. The molecule has 0 aliphatic heterocycles. The molecule has 0 spiro atoms. The number of nitrogens with one attached hydrogen (secondary N) is 1. The van der Waals surface area contributed by atoms with Crippen molar-refractivity contribution < 1.29 is 14.6 Å². The van der Waals surface area contributed by atoms with E-state index in [-0.39, 0.29) is 18.4 Å². The van der Waals surface area contributed by atoms with Crippen LogP contribution in [0.1, 0.15) is 32.5 Å². The molecule has 1 amide bonds. The monoisotopic (exact) mass is 367 g/mol. The van der Waals surface area contributed by atoms with E-state index in [2.05, 4.69) is 23.7 Å². The average Bonchev–Trinajstić information content (AvgIpc) is 3.00. The smallest absolute Gasteiger partial charge is 0.221 e. The number of benzene rings is 2. The highest BCUT2D eigenvalue weighted by Crippen LogP contribution is 2.22. The molecule has 6 nitrogen and oxygen atoms in total. The molecule has 3 aromatic rings. The van der Waals surface area contributed by atoms with Crippen LogP contribution in [0.2, 0.25) is 0 Å². The molecule has 2 N–H and O–H groups in total. The van der Waals surface area contributed by atoms with E-state index in [0.29, 0.717) is 18.0 Å². The third-order valence-electron chi connectivity index (χ3n) is 4.21. The number of aliphatic hydroxyl groups excluding tert-OH is 1. The maximum Gasteiger partial charge on any atom is 0.221 e. The minimum absolute atomic E-state index is 0.118. The molecule has 0 saturated carbocycles. The predicted octanol–water partition coefficient (Wildman–Crippen LogP) is 3.56. The Balaban J connectivity index is 1.66.